The number of hydrogen-bond donors (Lipinski definition) is 2. The van der Waals surface area contributed by atoms with Gasteiger partial charge in [-0.3, -0.25) is 9.68 Å². The fourth-order valence-corrected chi connectivity index (χ4v) is 0.829. The predicted molar refractivity (Wildman–Crippen MR) is 57.0 cm³/mol. The molecule has 2 unspecified atom stereocenters. The molecule has 10 nitrogen and oxygen atoms in total. The van der Waals surface area contributed by atoms with E-state index in [4.69, 9.17) is 10.2 Å². The first kappa shape index (κ1) is 17.8. The van der Waals surface area contributed by atoms with Crippen LogP contribution in [0.4, 0.5) is 0 Å². The summed E-state index contributed by atoms with van der Waals surface area (Å²) in [6.45, 7) is 1.14. The van der Waals surface area contributed by atoms with E-state index in [-0.39, 0.29) is 6.47 Å². The lowest BCUT2D eigenvalue weighted by Gasteiger charge is -2.11. The van der Waals surface area contributed by atoms with Crippen molar-refractivity contribution in [3.63, 3.8) is 0 Å². The zero-order valence-corrected chi connectivity index (χ0v) is 10.5. The van der Waals surface area contributed by atoms with Gasteiger partial charge in [-0.1, -0.05) is 0 Å². The summed E-state index contributed by atoms with van der Waals surface area (Å²) in [4.78, 5) is 58.1. The van der Waals surface area contributed by atoms with Crippen LogP contribution in [-0.4, -0.2) is 46.8 Å². The van der Waals surface area contributed by atoms with E-state index < -0.39 is 49.4 Å². The van der Waals surface area contributed by atoms with Crippen LogP contribution in [0.3, 0.4) is 0 Å². The number of carbonyl (C=O) groups excluding carboxylic acids is 4. The van der Waals surface area contributed by atoms with Gasteiger partial charge in [0.05, 0.1) is 31.5 Å². The summed E-state index contributed by atoms with van der Waals surface area (Å²) < 4.78 is 0. The van der Waals surface area contributed by atoms with Crippen LogP contribution >= 0.6 is 0 Å². The Morgan fingerprint density at radius 1 is 1.00 bits per heavy atom. The number of aliphatic hydroxyl groups excluding tert-OH is 2. The molecule has 0 aliphatic carbocycles. The van der Waals surface area contributed by atoms with Crippen LogP contribution in [0, 0.1) is 0 Å². The highest BCUT2D eigenvalue weighted by atomic mass is 17.2. The summed E-state index contributed by atoms with van der Waals surface area (Å²) in [5.41, 5.74) is 0. The van der Waals surface area contributed by atoms with Gasteiger partial charge in [0.25, 0.3) is 0 Å². The van der Waals surface area contributed by atoms with E-state index in [0.717, 1.165) is 0 Å². The third kappa shape index (κ3) is 8.83. The molecule has 0 radical (unpaired) electrons. The standard InChI is InChI=1S/C10H14O10/c1-6(12)7(13)4-10(16)20-19-9(15)3-2-8(14)18-17-5-11/h5-7,12-13H,2-4H2,1H3. The maximum Gasteiger partial charge on any atom is 0.358 e. The van der Waals surface area contributed by atoms with E-state index in [1.165, 1.54) is 6.92 Å². The molecule has 0 aliphatic rings. The molecule has 0 amide bonds. The molecule has 0 rings (SSSR count). The smallest absolute Gasteiger partial charge is 0.358 e. The predicted octanol–water partition coefficient (Wildman–Crippen LogP) is -1.47. The maximum atomic E-state index is 11.0. The molecule has 0 aromatic rings. The van der Waals surface area contributed by atoms with Crippen molar-refractivity contribution in [2.75, 3.05) is 0 Å². The second-order valence-electron chi connectivity index (χ2n) is 3.57. The largest absolute Gasteiger partial charge is 0.391 e. The van der Waals surface area contributed by atoms with Crippen LogP contribution in [0.2, 0.25) is 0 Å². The highest BCUT2D eigenvalue weighted by Crippen LogP contribution is 2.02. The Labute approximate surface area is 113 Å². The van der Waals surface area contributed by atoms with Crippen LogP contribution in [-0.2, 0) is 38.7 Å². The topological polar surface area (TPSA) is 146 Å². The summed E-state index contributed by atoms with van der Waals surface area (Å²) >= 11 is 0. The summed E-state index contributed by atoms with van der Waals surface area (Å²) in [6, 6.07) is 0. The van der Waals surface area contributed by atoms with Gasteiger partial charge in [-0.25, -0.2) is 29.0 Å². The molecule has 114 valence electrons. The van der Waals surface area contributed by atoms with Crippen LogP contribution in [0.25, 0.3) is 0 Å². The van der Waals surface area contributed by atoms with Gasteiger partial charge in [0.15, 0.2) is 0 Å². The Hall–Kier alpha value is -2.20. The summed E-state index contributed by atoms with van der Waals surface area (Å²) in [7, 11) is 0. The first-order valence-corrected chi connectivity index (χ1v) is 5.43. The number of aliphatic hydroxyl groups is 2. The quantitative estimate of drug-likeness (QED) is 0.309. The van der Waals surface area contributed by atoms with Crippen molar-refractivity contribution in [3.8, 4) is 0 Å². The molecule has 20 heavy (non-hydrogen) atoms. The monoisotopic (exact) mass is 294 g/mol. The van der Waals surface area contributed by atoms with E-state index in [2.05, 4.69) is 19.6 Å². The van der Waals surface area contributed by atoms with Crippen LogP contribution in [0.5, 0.6) is 0 Å². The lowest BCUT2D eigenvalue weighted by Crippen LogP contribution is -2.27. The summed E-state index contributed by atoms with van der Waals surface area (Å²) in [5, 5.41) is 18.0. The maximum absolute atomic E-state index is 11.0. The molecule has 2 N–H and O–H groups in total. The molecule has 0 aliphatic heterocycles. The Bertz CT molecular complexity index is 350. The number of hydrogen-bond acceptors (Lipinski definition) is 10. The van der Waals surface area contributed by atoms with Crippen LogP contribution in [0.15, 0.2) is 0 Å². The second kappa shape index (κ2) is 9.69. The highest BCUT2D eigenvalue weighted by molar-refractivity contribution is 5.78. The fraction of sp³-hybridized carbons (Fsp3) is 0.600. The van der Waals surface area contributed by atoms with Gasteiger partial charge >= 0.3 is 24.4 Å². The van der Waals surface area contributed by atoms with Crippen molar-refractivity contribution < 1.29 is 48.9 Å². The Balaban J connectivity index is 3.79. The van der Waals surface area contributed by atoms with E-state index in [0.29, 0.717) is 0 Å². The third-order valence-electron chi connectivity index (χ3n) is 1.87. The van der Waals surface area contributed by atoms with Gasteiger partial charge in [0.1, 0.15) is 0 Å². The molecule has 0 aromatic carbocycles. The van der Waals surface area contributed by atoms with E-state index in [1.54, 1.807) is 0 Å². The first-order chi connectivity index (χ1) is 9.36. The lowest BCUT2D eigenvalue weighted by molar-refractivity contribution is -0.262. The molecule has 0 aromatic heterocycles. The minimum Gasteiger partial charge on any atom is -0.391 e. The molecule has 0 fully saturated rings. The molecule has 10 heteroatoms. The minimum absolute atomic E-state index is 0.120. The minimum atomic E-state index is -1.35. The molecular weight excluding hydrogens is 280 g/mol. The third-order valence-corrected chi connectivity index (χ3v) is 1.87. The summed E-state index contributed by atoms with van der Waals surface area (Å²) in [6.07, 6.45) is -4.00. The average molecular weight is 294 g/mol. The zero-order valence-electron chi connectivity index (χ0n) is 10.5. The van der Waals surface area contributed by atoms with Gasteiger partial charge in [-0.15, -0.1) is 0 Å². The Morgan fingerprint density at radius 3 is 2.00 bits per heavy atom. The second-order valence-corrected chi connectivity index (χ2v) is 3.57. The normalized spacial score (nSPS) is 12.8. The molecule has 0 heterocycles. The van der Waals surface area contributed by atoms with Crippen molar-refractivity contribution in [2.45, 2.75) is 38.4 Å². The summed E-state index contributed by atoms with van der Waals surface area (Å²) in [5.74, 6) is -3.11. The number of carbonyl (C=O) groups is 4. The molecule has 2 atom stereocenters. The van der Waals surface area contributed by atoms with Crippen molar-refractivity contribution in [3.05, 3.63) is 0 Å². The number of rotatable bonds is 8. The van der Waals surface area contributed by atoms with Crippen LogP contribution in [0.1, 0.15) is 26.2 Å². The molecule has 0 saturated carbocycles. The fourth-order valence-electron chi connectivity index (χ4n) is 0.829. The molecule has 0 bridgehead atoms. The lowest BCUT2D eigenvalue weighted by atomic mass is 10.2. The van der Waals surface area contributed by atoms with Crippen molar-refractivity contribution >= 4 is 24.4 Å². The Morgan fingerprint density at radius 2 is 1.50 bits per heavy atom. The average Bonchev–Trinajstić information content (AvgIpc) is 2.40. The van der Waals surface area contributed by atoms with Gasteiger partial charge in [0.2, 0.25) is 0 Å². The highest BCUT2D eigenvalue weighted by Gasteiger charge is 2.19. The van der Waals surface area contributed by atoms with Gasteiger partial charge in [0, 0.05) is 0 Å². The van der Waals surface area contributed by atoms with Gasteiger partial charge < -0.3 is 10.2 Å². The van der Waals surface area contributed by atoms with Crippen molar-refractivity contribution in [2.24, 2.45) is 0 Å². The van der Waals surface area contributed by atoms with Gasteiger partial charge in [-0.05, 0) is 6.92 Å². The van der Waals surface area contributed by atoms with Crippen molar-refractivity contribution in [1.29, 1.82) is 0 Å². The van der Waals surface area contributed by atoms with E-state index >= 15 is 0 Å². The van der Waals surface area contributed by atoms with Crippen LogP contribution < -0.4 is 0 Å². The molecule has 0 saturated heterocycles. The van der Waals surface area contributed by atoms with Gasteiger partial charge in [-0.2, -0.15) is 0 Å². The van der Waals surface area contributed by atoms with E-state index in [1.807, 2.05) is 0 Å². The zero-order chi connectivity index (χ0) is 15.5. The SMILES string of the molecule is CC(O)C(O)CC(=O)OOC(=O)CCC(=O)OOC=O. The molecular formula is C10H14O10. The Kier molecular flexibility index (Phi) is 8.63. The van der Waals surface area contributed by atoms with Crippen molar-refractivity contribution in [1.82, 2.24) is 0 Å². The first-order valence-electron chi connectivity index (χ1n) is 5.43. The molecule has 0 spiro atoms. The van der Waals surface area contributed by atoms with E-state index in [9.17, 15) is 19.2 Å².